The monoisotopic (exact) mass is 309 g/mol. The molecule has 0 amide bonds. The summed E-state index contributed by atoms with van der Waals surface area (Å²) in [7, 11) is 3.60. The lowest BCUT2D eigenvalue weighted by atomic mass is 9.98. The highest BCUT2D eigenvalue weighted by Gasteiger charge is 2.16. The number of rotatable bonds is 5. The quantitative estimate of drug-likeness (QED) is 0.877. The molecule has 2 aromatic carbocycles. The van der Waals surface area contributed by atoms with Crippen molar-refractivity contribution in [2.75, 3.05) is 14.2 Å². The van der Waals surface area contributed by atoms with Gasteiger partial charge in [-0.1, -0.05) is 41.4 Å². The maximum absolute atomic E-state index is 6.24. The van der Waals surface area contributed by atoms with Crippen LogP contribution in [0.4, 0.5) is 0 Å². The van der Waals surface area contributed by atoms with Crippen molar-refractivity contribution in [2.24, 2.45) is 0 Å². The second-order valence-electron chi connectivity index (χ2n) is 4.52. The molecule has 0 saturated carbocycles. The first-order valence-corrected chi connectivity index (χ1v) is 7.15. The number of hydrogen-bond donors (Lipinski definition) is 1. The molecule has 106 valence electrons. The third kappa shape index (κ3) is 3.45. The minimum absolute atomic E-state index is 0.113. The Kier molecular flexibility index (Phi) is 5.30. The van der Waals surface area contributed by atoms with Gasteiger partial charge in [-0.05, 0) is 43.3 Å². The standard InChI is InChI=1S/C16H17Cl2NO/c1-19-15(13-5-3-4-6-16(13)20-2)10-11-9-12(17)7-8-14(11)18/h3-9,15,19H,10H2,1-2H3. The lowest BCUT2D eigenvalue weighted by molar-refractivity contribution is 0.401. The molecule has 0 aliphatic rings. The molecule has 0 spiro atoms. The Balaban J connectivity index is 2.31. The van der Waals surface area contributed by atoms with Crippen molar-refractivity contribution in [2.45, 2.75) is 12.5 Å². The van der Waals surface area contributed by atoms with Crippen LogP contribution in [0.1, 0.15) is 17.2 Å². The average Bonchev–Trinajstić information content (AvgIpc) is 2.48. The van der Waals surface area contributed by atoms with E-state index in [0.29, 0.717) is 5.02 Å². The van der Waals surface area contributed by atoms with Gasteiger partial charge in [0.05, 0.1) is 7.11 Å². The van der Waals surface area contributed by atoms with E-state index in [0.717, 1.165) is 28.3 Å². The van der Waals surface area contributed by atoms with Gasteiger partial charge in [0.25, 0.3) is 0 Å². The first-order valence-electron chi connectivity index (χ1n) is 6.39. The van der Waals surface area contributed by atoms with Crippen LogP contribution in [-0.2, 0) is 6.42 Å². The topological polar surface area (TPSA) is 21.3 Å². The summed E-state index contributed by atoms with van der Waals surface area (Å²) in [6, 6.07) is 13.6. The smallest absolute Gasteiger partial charge is 0.123 e. The lowest BCUT2D eigenvalue weighted by Crippen LogP contribution is -2.19. The van der Waals surface area contributed by atoms with Gasteiger partial charge in [0.2, 0.25) is 0 Å². The number of benzene rings is 2. The largest absolute Gasteiger partial charge is 0.496 e. The van der Waals surface area contributed by atoms with E-state index in [1.54, 1.807) is 13.2 Å². The van der Waals surface area contributed by atoms with Crippen LogP contribution in [-0.4, -0.2) is 14.2 Å². The first-order chi connectivity index (χ1) is 9.65. The molecule has 2 rings (SSSR count). The number of nitrogens with one attached hydrogen (secondary N) is 1. The number of methoxy groups -OCH3 is 1. The molecule has 0 radical (unpaired) electrons. The maximum Gasteiger partial charge on any atom is 0.123 e. The molecule has 20 heavy (non-hydrogen) atoms. The summed E-state index contributed by atoms with van der Waals surface area (Å²) in [6.07, 6.45) is 0.746. The minimum atomic E-state index is 0.113. The van der Waals surface area contributed by atoms with Crippen LogP contribution < -0.4 is 10.1 Å². The van der Waals surface area contributed by atoms with Gasteiger partial charge in [0.15, 0.2) is 0 Å². The fourth-order valence-electron chi connectivity index (χ4n) is 2.24. The molecular formula is C16H17Cl2NO. The van der Waals surface area contributed by atoms with Crippen LogP contribution in [0.5, 0.6) is 5.75 Å². The van der Waals surface area contributed by atoms with E-state index in [9.17, 15) is 0 Å². The number of halogens is 2. The molecule has 4 heteroatoms. The van der Waals surface area contributed by atoms with E-state index < -0.39 is 0 Å². The van der Waals surface area contributed by atoms with Crippen molar-refractivity contribution in [3.8, 4) is 5.75 Å². The van der Waals surface area contributed by atoms with E-state index in [1.807, 2.05) is 37.4 Å². The zero-order valence-electron chi connectivity index (χ0n) is 11.5. The Bertz CT molecular complexity index is 586. The SMILES string of the molecule is CNC(Cc1cc(Cl)ccc1Cl)c1ccccc1OC. The normalized spacial score (nSPS) is 12.2. The molecule has 0 saturated heterocycles. The van der Waals surface area contributed by atoms with Gasteiger partial charge >= 0.3 is 0 Å². The van der Waals surface area contributed by atoms with Crippen LogP contribution >= 0.6 is 23.2 Å². The summed E-state index contributed by atoms with van der Waals surface area (Å²) < 4.78 is 5.42. The van der Waals surface area contributed by atoms with Gasteiger partial charge < -0.3 is 10.1 Å². The third-order valence-electron chi connectivity index (χ3n) is 3.29. The van der Waals surface area contributed by atoms with E-state index >= 15 is 0 Å². The zero-order chi connectivity index (χ0) is 14.5. The summed E-state index contributed by atoms with van der Waals surface area (Å²) in [5.41, 5.74) is 2.12. The Labute approximate surface area is 129 Å². The van der Waals surface area contributed by atoms with Gasteiger partial charge in [0, 0.05) is 21.7 Å². The first kappa shape index (κ1) is 15.2. The molecule has 1 N–H and O–H groups in total. The molecule has 0 aliphatic heterocycles. The van der Waals surface area contributed by atoms with Crippen molar-refractivity contribution in [1.82, 2.24) is 5.32 Å². The summed E-state index contributed by atoms with van der Waals surface area (Å²) >= 11 is 12.3. The second kappa shape index (κ2) is 6.98. The molecule has 0 bridgehead atoms. The van der Waals surface area contributed by atoms with Crippen molar-refractivity contribution in [3.05, 3.63) is 63.6 Å². The molecule has 1 atom stereocenters. The van der Waals surface area contributed by atoms with Gasteiger partial charge in [-0.3, -0.25) is 0 Å². The molecule has 0 aliphatic carbocycles. The molecule has 2 nitrogen and oxygen atoms in total. The van der Waals surface area contributed by atoms with Gasteiger partial charge in [-0.2, -0.15) is 0 Å². The summed E-state index contributed by atoms with van der Waals surface area (Å²) in [6.45, 7) is 0. The van der Waals surface area contributed by atoms with Gasteiger partial charge in [0.1, 0.15) is 5.75 Å². The molecular weight excluding hydrogens is 293 g/mol. The highest BCUT2D eigenvalue weighted by molar-refractivity contribution is 6.33. The maximum atomic E-state index is 6.24. The number of para-hydroxylation sites is 1. The average molecular weight is 310 g/mol. The van der Waals surface area contributed by atoms with Crippen molar-refractivity contribution >= 4 is 23.2 Å². The van der Waals surface area contributed by atoms with Crippen LogP contribution in [0.25, 0.3) is 0 Å². The summed E-state index contributed by atoms with van der Waals surface area (Å²) in [5.74, 6) is 0.866. The number of hydrogen-bond acceptors (Lipinski definition) is 2. The van der Waals surface area contributed by atoms with Crippen LogP contribution in [0, 0.1) is 0 Å². The van der Waals surface area contributed by atoms with E-state index in [-0.39, 0.29) is 6.04 Å². The summed E-state index contributed by atoms with van der Waals surface area (Å²) in [4.78, 5) is 0. The Hall–Kier alpha value is -1.22. The Morgan fingerprint density at radius 1 is 1.15 bits per heavy atom. The fraction of sp³-hybridized carbons (Fsp3) is 0.250. The second-order valence-corrected chi connectivity index (χ2v) is 5.37. The van der Waals surface area contributed by atoms with Crippen LogP contribution in [0.3, 0.4) is 0 Å². The van der Waals surface area contributed by atoms with E-state index in [1.165, 1.54) is 0 Å². The van der Waals surface area contributed by atoms with E-state index in [4.69, 9.17) is 27.9 Å². The molecule has 0 heterocycles. The molecule has 0 aromatic heterocycles. The minimum Gasteiger partial charge on any atom is -0.496 e. The molecule has 0 fully saturated rings. The van der Waals surface area contributed by atoms with Crippen molar-refractivity contribution in [3.63, 3.8) is 0 Å². The molecule has 2 aromatic rings. The number of likely N-dealkylation sites (N-methyl/N-ethyl adjacent to an activating group) is 1. The Morgan fingerprint density at radius 2 is 1.90 bits per heavy atom. The molecule has 1 unspecified atom stereocenters. The highest BCUT2D eigenvalue weighted by Crippen LogP contribution is 2.30. The van der Waals surface area contributed by atoms with E-state index in [2.05, 4.69) is 11.4 Å². The number of ether oxygens (including phenoxy) is 1. The third-order valence-corrected chi connectivity index (χ3v) is 3.90. The highest BCUT2D eigenvalue weighted by atomic mass is 35.5. The lowest BCUT2D eigenvalue weighted by Gasteiger charge is -2.20. The predicted molar refractivity (Wildman–Crippen MR) is 85.0 cm³/mol. The zero-order valence-corrected chi connectivity index (χ0v) is 13.0. The Morgan fingerprint density at radius 3 is 2.60 bits per heavy atom. The van der Waals surface area contributed by atoms with Crippen molar-refractivity contribution in [1.29, 1.82) is 0 Å². The van der Waals surface area contributed by atoms with Crippen LogP contribution in [0.2, 0.25) is 10.0 Å². The van der Waals surface area contributed by atoms with Gasteiger partial charge in [-0.15, -0.1) is 0 Å². The van der Waals surface area contributed by atoms with Crippen molar-refractivity contribution < 1.29 is 4.74 Å². The fourth-order valence-corrected chi connectivity index (χ4v) is 2.63. The van der Waals surface area contributed by atoms with Gasteiger partial charge in [-0.25, -0.2) is 0 Å². The van der Waals surface area contributed by atoms with Crippen LogP contribution in [0.15, 0.2) is 42.5 Å². The predicted octanol–water partition coefficient (Wildman–Crippen LogP) is 4.51. The summed E-state index contributed by atoms with van der Waals surface area (Å²) in [5, 5.41) is 4.73.